The molecule has 1 amide bonds. The molecule has 3 rings (SSSR count). The molecular formula is C20H27N3O2. The summed E-state index contributed by atoms with van der Waals surface area (Å²) in [5.41, 5.74) is 8.16. The number of carbonyl (C=O) groups is 1. The Balaban J connectivity index is 1.30. The summed E-state index contributed by atoms with van der Waals surface area (Å²) in [6, 6.07) is 15.0. The third-order valence-corrected chi connectivity index (χ3v) is 4.81. The number of hydrogen-bond acceptors (Lipinski definition) is 4. The van der Waals surface area contributed by atoms with Crippen molar-refractivity contribution in [3.8, 4) is 0 Å². The van der Waals surface area contributed by atoms with Gasteiger partial charge in [0.1, 0.15) is 0 Å². The third-order valence-electron chi connectivity index (χ3n) is 4.81. The Morgan fingerprint density at radius 3 is 2.72 bits per heavy atom. The monoisotopic (exact) mass is 341 g/mol. The average molecular weight is 341 g/mol. The largest absolute Gasteiger partial charge is 0.459 e. The Hall–Kier alpha value is -2.11. The lowest BCUT2D eigenvalue weighted by Crippen LogP contribution is -2.30. The SMILES string of the molecule is CN(CCCCCC1CC(c2ccccc2)NN1)C(=O)c1ccco1. The maximum absolute atomic E-state index is 12.1. The Bertz CT molecular complexity index is 642. The van der Waals surface area contributed by atoms with Crippen molar-refractivity contribution in [1.82, 2.24) is 15.8 Å². The highest BCUT2D eigenvalue weighted by molar-refractivity contribution is 5.91. The molecule has 0 radical (unpaired) electrons. The smallest absolute Gasteiger partial charge is 0.289 e. The number of hydrazine groups is 1. The highest BCUT2D eigenvalue weighted by Gasteiger charge is 2.24. The molecule has 1 fully saturated rings. The van der Waals surface area contributed by atoms with Gasteiger partial charge in [0.25, 0.3) is 5.91 Å². The minimum absolute atomic E-state index is 0.0441. The molecule has 2 unspecified atom stereocenters. The minimum Gasteiger partial charge on any atom is -0.459 e. The maximum atomic E-state index is 12.1. The van der Waals surface area contributed by atoms with E-state index in [1.54, 1.807) is 17.0 Å². The Morgan fingerprint density at radius 2 is 1.96 bits per heavy atom. The number of nitrogens with zero attached hydrogens (tertiary/aromatic N) is 1. The first-order valence-electron chi connectivity index (χ1n) is 9.09. The van der Waals surface area contributed by atoms with E-state index in [-0.39, 0.29) is 5.91 Å². The first-order valence-corrected chi connectivity index (χ1v) is 9.09. The molecule has 1 aliphatic heterocycles. The van der Waals surface area contributed by atoms with Crippen molar-refractivity contribution in [2.24, 2.45) is 0 Å². The predicted octanol–water partition coefficient (Wildman–Crippen LogP) is 3.52. The van der Waals surface area contributed by atoms with Crippen LogP contribution in [0.4, 0.5) is 0 Å². The summed E-state index contributed by atoms with van der Waals surface area (Å²) in [5.74, 6) is 0.369. The molecule has 2 N–H and O–H groups in total. The van der Waals surface area contributed by atoms with Gasteiger partial charge < -0.3 is 9.32 Å². The van der Waals surface area contributed by atoms with Crippen molar-refractivity contribution >= 4 is 5.91 Å². The second-order valence-electron chi connectivity index (χ2n) is 6.74. The van der Waals surface area contributed by atoms with Crippen LogP contribution in [0.3, 0.4) is 0 Å². The van der Waals surface area contributed by atoms with E-state index >= 15 is 0 Å². The van der Waals surface area contributed by atoms with E-state index < -0.39 is 0 Å². The van der Waals surface area contributed by atoms with Gasteiger partial charge in [-0.15, -0.1) is 0 Å². The van der Waals surface area contributed by atoms with E-state index in [0.29, 0.717) is 17.8 Å². The second kappa shape index (κ2) is 8.83. The summed E-state index contributed by atoms with van der Waals surface area (Å²) in [7, 11) is 1.83. The molecule has 2 heterocycles. The molecule has 0 spiro atoms. The van der Waals surface area contributed by atoms with Crippen LogP contribution in [0.15, 0.2) is 53.1 Å². The molecule has 25 heavy (non-hydrogen) atoms. The normalized spacial score (nSPS) is 19.9. The van der Waals surface area contributed by atoms with Gasteiger partial charge in [0.2, 0.25) is 0 Å². The molecule has 1 aromatic carbocycles. The summed E-state index contributed by atoms with van der Waals surface area (Å²) in [6.45, 7) is 0.766. The molecule has 0 bridgehead atoms. The van der Waals surface area contributed by atoms with Crippen molar-refractivity contribution in [2.75, 3.05) is 13.6 Å². The summed E-state index contributed by atoms with van der Waals surface area (Å²) in [5, 5.41) is 0. The van der Waals surface area contributed by atoms with Gasteiger partial charge in [-0.1, -0.05) is 43.2 Å². The zero-order valence-corrected chi connectivity index (χ0v) is 14.8. The summed E-state index contributed by atoms with van der Waals surface area (Å²) in [4.78, 5) is 13.8. The van der Waals surface area contributed by atoms with Crippen molar-refractivity contribution < 1.29 is 9.21 Å². The number of unbranched alkanes of at least 4 members (excludes halogenated alkanes) is 2. The molecule has 0 saturated carbocycles. The first-order chi connectivity index (χ1) is 12.2. The number of furan rings is 1. The van der Waals surface area contributed by atoms with Crippen LogP contribution < -0.4 is 10.9 Å². The lowest BCUT2D eigenvalue weighted by atomic mass is 9.99. The molecule has 5 nitrogen and oxygen atoms in total. The fourth-order valence-electron chi connectivity index (χ4n) is 3.32. The number of rotatable bonds is 8. The van der Waals surface area contributed by atoms with Gasteiger partial charge in [0, 0.05) is 25.7 Å². The van der Waals surface area contributed by atoms with E-state index in [1.165, 1.54) is 18.2 Å². The highest BCUT2D eigenvalue weighted by atomic mass is 16.3. The number of amides is 1. The number of benzene rings is 1. The molecule has 1 aromatic heterocycles. The van der Waals surface area contributed by atoms with Crippen LogP contribution in [-0.2, 0) is 0 Å². The Kier molecular flexibility index (Phi) is 6.25. The van der Waals surface area contributed by atoms with Crippen LogP contribution in [0.2, 0.25) is 0 Å². The van der Waals surface area contributed by atoms with Crippen LogP contribution in [0.5, 0.6) is 0 Å². The molecule has 1 aliphatic rings. The van der Waals surface area contributed by atoms with Gasteiger partial charge in [-0.3, -0.25) is 15.6 Å². The molecule has 1 saturated heterocycles. The topological polar surface area (TPSA) is 57.5 Å². The van der Waals surface area contributed by atoms with Crippen LogP contribution in [-0.4, -0.2) is 30.4 Å². The van der Waals surface area contributed by atoms with Crippen LogP contribution in [0.25, 0.3) is 0 Å². The van der Waals surface area contributed by atoms with Gasteiger partial charge in [0.15, 0.2) is 5.76 Å². The van der Waals surface area contributed by atoms with E-state index in [0.717, 1.165) is 32.2 Å². The van der Waals surface area contributed by atoms with E-state index in [1.807, 2.05) is 7.05 Å². The van der Waals surface area contributed by atoms with Crippen LogP contribution in [0.1, 0.15) is 54.3 Å². The van der Waals surface area contributed by atoms with Crippen molar-refractivity contribution in [3.05, 3.63) is 60.1 Å². The zero-order valence-electron chi connectivity index (χ0n) is 14.8. The van der Waals surface area contributed by atoms with Gasteiger partial charge in [-0.25, -0.2) is 0 Å². The van der Waals surface area contributed by atoms with E-state index in [9.17, 15) is 4.79 Å². The Labute approximate surface area is 149 Å². The second-order valence-corrected chi connectivity index (χ2v) is 6.74. The van der Waals surface area contributed by atoms with Crippen molar-refractivity contribution in [3.63, 3.8) is 0 Å². The van der Waals surface area contributed by atoms with E-state index in [4.69, 9.17) is 4.42 Å². The highest BCUT2D eigenvalue weighted by Crippen LogP contribution is 2.24. The molecule has 2 atom stereocenters. The lowest BCUT2D eigenvalue weighted by Gasteiger charge is -2.16. The first kappa shape index (κ1) is 17.7. The minimum atomic E-state index is -0.0441. The van der Waals surface area contributed by atoms with Crippen LogP contribution in [0, 0.1) is 0 Å². The standard InChI is InChI=1S/C20H27N3O2/c1-23(20(24)19-12-8-14-25-19)13-7-3-6-11-17-15-18(22-21-17)16-9-4-2-5-10-16/h2,4-5,8-10,12,14,17-18,21-22H,3,6-7,11,13,15H2,1H3. The van der Waals surface area contributed by atoms with Gasteiger partial charge in [0.05, 0.1) is 6.26 Å². The van der Waals surface area contributed by atoms with E-state index in [2.05, 4.69) is 41.2 Å². The zero-order chi connectivity index (χ0) is 17.5. The number of hydrogen-bond donors (Lipinski definition) is 2. The fourth-order valence-corrected chi connectivity index (χ4v) is 3.32. The van der Waals surface area contributed by atoms with Gasteiger partial charge in [-0.05, 0) is 37.0 Å². The molecule has 5 heteroatoms. The maximum Gasteiger partial charge on any atom is 0.289 e. The molecular weight excluding hydrogens is 314 g/mol. The molecule has 134 valence electrons. The van der Waals surface area contributed by atoms with Crippen molar-refractivity contribution in [1.29, 1.82) is 0 Å². The van der Waals surface area contributed by atoms with Gasteiger partial charge >= 0.3 is 0 Å². The van der Waals surface area contributed by atoms with Crippen LogP contribution >= 0.6 is 0 Å². The lowest BCUT2D eigenvalue weighted by molar-refractivity contribution is 0.0761. The predicted molar refractivity (Wildman–Crippen MR) is 98.0 cm³/mol. The Morgan fingerprint density at radius 1 is 1.12 bits per heavy atom. The summed E-state index contributed by atoms with van der Waals surface area (Å²) in [6.07, 6.45) is 7.14. The quantitative estimate of drug-likeness (QED) is 0.721. The summed E-state index contributed by atoms with van der Waals surface area (Å²) < 4.78 is 5.15. The fraction of sp³-hybridized carbons (Fsp3) is 0.450. The number of carbonyl (C=O) groups excluding carboxylic acids is 1. The summed E-state index contributed by atoms with van der Waals surface area (Å²) >= 11 is 0. The average Bonchev–Trinajstić information content (AvgIpc) is 3.33. The molecule has 2 aromatic rings. The third kappa shape index (κ3) is 4.94. The number of nitrogens with one attached hydrogen (secondary N) is 2. The molecule has 0 aliphatic carbocycles. The van der Waals surface area contributed by atoms with Gasteiger partial charge in [-0.2, -0.15) is 0 Å². The van der Waals surface area contributed by atoms with Crippen molar-refractivity contribution in [2.45, 2.75) is 44.2 Å².